The van der Waals surface area contributed by atoms with Gasteiger partial charge in [0.15, 0.2) is 0 Å². The highest BCUT2D eigenvalue weighted by Gasteiger charge is 2.53. The number of esters is 2. The minimum atomic E-state index is -0.417. The van der Waals surface area contributed by atoms with Gasteiger partial charge in [-0.2, -0.15) is 0 Å². The summed E-state index contributed by atoms with van der Waals surface area (Å²) in [6.45, 7) is 22.6. The van der Waals surface area contributed by atoms with Gasteiger partial charge in [-0.1, -0.05) is 44.4 Å². The lowest BCUT2D eigenvalue weighted by Gasteiger charge is -2.33. The smallest absolute Gasteiger partial charge is 0.333 e. The Morgan fingerprint density at radius 1 is 0.460 bits per heavy atom. The van der Waals surface area contributed by atoms with Gasteiger partial charge in [0.2, 0.25) is 0 Å². The number of fused-ring (bicyclic) bond motifs is 5. The normalized spacial score (nSPS) is 18.1. The van der Waals surface area contributed by atoms with Crippen molar-refractivity contribution in [2.24, 2.45) is 11.3 Å². The Balaban J connectivity index is 0.920. The molecule has 4 aliphatic rings. The van der Waals surface area contributed by atoms with Crippen LogP contribution in [0, 0.1) is 11.3 Å². The van der Waals surface area contributed by atoms with Gasteiger partial charge in [-0.15, -0.1) is 0 Å². The van der Waals surface area contributed by atoms with Gasteiger partial charge < -0.3 is 66.3 Å². The quantitative estimate of drug-likeness (QED) is 0.0476. The van der Waals surface area contributed by atoms with Crippen molar-refractivity contribution >= 4 is 11.9 Å². The van der Waals surface area contributed by atoms with Crippen molar-refractivity contribution < 1.29 is 75.9 Å². The molecule has 16 nitrogen and oxygen atoms in total. The molecule has 0 N–H and O–H groups in total. The van der Waals surface area contributed by atoms with Crippen LogP contribution >= 0.6 is 0 Å². The monoisotopic (exact) mass is 888 g/mol. The largest absolute Gasteiger partial charge is 0.491 e. The van der Waals surface area contributed by atoms with Gasteiger partial charge in [-0.3, -0.25) is 0 Å². The maximum absolute atomic E-state index is 11.3. The molecule has 0 aromatic rings. The third kappa shape index (κ3) is 18.2. The molecule has 0 aromatic heterocycles. The first-order valence-electron chi connectivity index (χ1n) is 21.7. The van der Waals surface area contributed by atoms with E-state index in [1.54, 1.807) is 13.8 Å². The average Bonchev–Trinajstić information content (AvgIpc) is 4.01. The van der Waals surface area contributed by atoms with Crippen molar-refractivity contribution in [2.75, 3.05) is 159 Å². The van der Waals surface area contributed by atoms with Crippen LogP contribution in [-0.2, 0) is 75.9 Å². The molecule has 352 valence electrons. The third-order valence-electron chi connectivity index (χ3n) is 9.97. The van der Waals surface area contributed by atoms with Gasteiger partial charge in [0, 0.05) is 33.6 Å². The molecule has 63 heavy (non-hydrogen) atoms. The van der Waals surface area contributed by atoms with Crippen LogP contribution in [0.1, 0.15) is 20.8 Å². The maximum Gasteiger partial charge on any atom is 0.333 e. The van der Waals surface area contributed by atoms with E-state index in [0.29, 0.717) is 156 Å². The van der Waals surface area contributed by atoms with Gasteiger partial charge in [-0.05, 0) is 37.1 Å². The highest BCUT2D eigenvalue weighted by atomic mass is 16.6. The van der Waals surface area contributed by atoms with E-state index in [2.05, 4.69) is 56.5 Å². The number of carbonyl (C=O) groups excluding carboxylic acids is 2. The van der Waals surface area contributed by atoms with Crippen molar-refractivity contribution in [1.82, 2.24) is 0 Å². The summed E-state index contributed by atoms with van der Waals surface area (Å²) in [6, 6.07) is 0. The van der Waals surface area contributed by atoms with Crippen molar-refractivity contribution in [1.29, 1.82) is 0 Å². The lowest BCUT2D eigenvalue weighted by atomic mass is 9.69. The highest BCUT2D eigenvalue weighted by molar-refractivity contribution is 5.87. The highest BCUT2D eigenvalue weighted by Crippen LogP contribution is 2.62. The van der Waals surface area contributed by atoms with Crippen LogP contribution in [0.15, 0.2) is 94.6 Å². The first-order valence-corrected chi connectivity index (χ1v) is 21.7. The summed E-state index contributed by atoms with van der Waals surface area (Å²) in [5.41, 5.74) is 5.34. The van der Waals surface area contributed by atoms with Crippen LogP contribution in [0.4, 0.5) is 0 Å². The molecular weight excluding hydrogens is 821 g/mol. The zero-order valence-electron chi connectivity index (χ0n) is 37.5. The molecule has 0 saturated carbocycles. The van der Waals surface area contributed by atoms with E-state index < -0.39 is 11.9 Å². The second kappa shape index (κ2) is 30.2. The SMILES string of the molecule is C=C(C)C(=O)OCCOCCOCCOCCOCCOCCOC1=CC2=CC=C1C2C1(C)C2=CC=C1C(OCCOCCOCCOCCOCCOCCOC(=O)C(=C)C)=C2. The lowest BCUT2D eigenvalue weighted by Crippen LogP contribution is -2.27. The van der Waals surface area contributed by atoms with E-state index in [4.69, 9.17) is 66.3 Å². The summed E-state index contributed by atoms with van der Waals surface area (Å²) < 4.78 is 77.6. The molecule has 0 spiro atoms. The molecule has 0 radical (unpaired) electrons. The van der Waals surface area contributed by atoms with Crippen molar-refractivity contribution in [3.05, 3.63) is 94.6 Å². The van der Waals surface area contributed by atoms with E-state index in [0.717, 1.165) is 11.5 Å². The summed E-state index contributed by atoms with van der Waals surface area (Å²) in [5, 5.41) is 0. The predicted molar refractivity (Wildman–Crippen MR) is 232 cm³/mol. The molecule has 4 rings (SSSR count). The zero-order valence-corrected chi connectivity index (χ0v) is 37.5. The second-order valence-electron chi connectivity index (χ2n) is 14.8. The lowest BCUT2D eigenvalue weighted by molar-refractivity contribution is -0.141. The Kier molecular flexibility index (Phi) is 24.8. The summed E-state index contributed by atoms with van der Waals surface area (Å²) in [5.74, 6) is 1.13. The van der Waals surface area contributed by atoms with Crippen LogP contribution in [0.2, 0.25) is 0 Å². The van der Waals surface area contributed by atoms with E-state index in [1.165, 1.54) is 22.3 Å². The molecule has 0 amide bonds. The van der Waals surface area contributed by atoms with Crippen LogP contribution in [0.3, 0.4) is 0 Å². The number of hydrogen-bond acceptors (Lipinski definition) is 16. The first-order chi connectivity index (χ1) is 30.7. The topological polar surface area (TPSA) is 163 Å². The van der Waals surface area contributed by atoms with Crippen LogP contribution < -0.4 is 0 Å². The van der Waals surface area contributed by atoms with Crippen LogP contribution in [-0.4, -0.2) is 171 Å². The summed E-state index contributed by atoms with van der Waals surface area (Å²) in [4.78, 5) is 22.5. The van der Waals surface area contributed by atoms with Gasteiger partial charge >= 0.3 is 11.9 Å². The number of hydrogen-bond donors (Lipinski definition) is 0. The molecule has 0 fully saturated rings. The Labute approximate surface area is 372 Å². The minimum Gasteiger partial charge on any atom is -0.491 e. The number of rotatable bonds is 41. The van der Waals surface area contributed by atoms with E-state index in [9.17, 15) is 9.59 Å². The predicted octanol–water partition coefficient (Wildman–Crippen LogP) is 4.57. The Morgan fingerprint density at radius 3 is 1.19 bits per heavy atom. The van der Waals surface area contributed by atoms with Gasteiger partial charge in [0.05, 0.1) is 132 Å². The molecule has 4 aliphatic carbocycles. The minimum absolute atomic E-state index is 0.167. The standard InChI is InChI=1S/C47H68O16/c1-36(2)45(48)62-32-28-58-24-20-54-16-12-50-10-14-52-18-22-56-26-30-60-42-34-38-6-8-40(42)44(38)47(5)39-7-9-41(47)43(35-39)61-31-27-57-23-19-53-15-11-51-13-17-55-21-25-59-29-33-63-46(49)37(3)4/h6-9,34-35,44H,1,3,10-33H2,2,4-5H3. The fourth-order valence-electron chi connectivity index (χ4n) is 6.81. The first kappa shape index (κ1) is 51.7. The molecule has 16 heteroatoms. The van der Waals surface area contributed by atoms with Crippen LogP contribution in [0.5, 0.6) is 0 Å². The molecule has 0 aromatic carbocycles. The molecule has 4 bridgehead atoms. The number of allylic oxidation sites excluding steroid dienone is 10. The zero-order chi connectivity index (χ0) is 45.0. The van der Waals surface area contributed by atoms with Gasteiger partial charge in [0.1, 0.15) is 37.9 Å². The second-order valence-corrected chi connectivity index (χ2v) is 14.8. The Bertz CT molecular complexity index is 1640. The molecule has 2 atom stereocenters. The molecule has 0 aliphatic heterocycles. The summed E-state index contributed by atoms with van der Waals surface area (Å²) >= 11 is 0. The van der Waals surface area contributed by atoms with Gasteiger partial charge in [-0.25, -0.2) is 9.59 Å². The van der Waals surface area contributed by atoms with E-state index >= 15 is 0 Å². The van der Waals surface area contributed by atoms with E-state index in [-0.39, 0.29) is 24.5 Å². The Hall–Kier alpha value is -3.94. The number of ether oxygens (including phenoxy) is 14. The fraction of sp³-hybridized carbons (Fsp3) is 0.617. The summed E-state index contributed by atoms with van der Waals surface area (Å²) in [6.07, 6.45) is 13.0. The number of carbonyl (C=O) groups is 2. The molecular formula is C47H68O16. The van der Waals surface area contributed by atoms with Crippen molar-refractivity contribution in [2.45, 2.75) is 20.8 Å². The average molecular weight is 889 g/mol. The molecule has 2 unspecified atom stereocenters. The fourth-order valence-corrected chi connectivity index (χ4v) is 6.81. The van der Waals surface area contributed by atoms with E-state index in [1.807, 2.05) is 0 Å². The maximum atomic E-state index is 11.3. The van der Waals surface area contributed by atoms with Crippen LogP contribution in [0.25, 0.3) is 0 Å². The molecule has 0 heterocycles. The summed E-state index contributed by atoms with van der Waals surface area (Å²) in [7, 11) is 0. The van der Waals surface area contributed by atoms with Crippen molar-refractivity contribution in [3.63, 3.8) is 0 Å². The Morgan fingerprint density at radius 2 is 0.810 bits per heavy atom. The van der Waals surface area contributed by atoms with Gasteiger partial charge in [0.25, 0.3) is 0 Å². The third-order valence-corrected chi connectivity index (χ3v) is 9.97. The molecule has 0 saturated heterocycles. The van der Waals surface area contributed by atoms with Crippen molar-refractivity contribution in [3.8, 4) is 0 Å².